The maximum atomic E-state index is 12.9. The molecule has 0 aliphatic carbocycles. The Kier molecular flexibility index (Phi) is 4.46. The molecule has 24 heavy (non-hydrogen) atoms. The number of para-hydroxylation sites is 1. The van der Waals surface area contributed by atoms with Gasteiger partial charge in [0, 0.05) is 0 Å². The number of aromatic hydroxyl groups is 1. The highest BCUT2D eigenvalue weighted by Gasteiger charge is 2.37. The fourth-order valence-electron chi connectivity index (χ4n) is 1.93. The van der Waals surface area contributed by atoms with Crippen molar-refractivity contribution in [3.63, 3.8) is 0 Å². The number of alkyl halides is 6. The smallest absolute Gasteiger partial charge is 0.418 e. The second-order valence-electron chi connectivity index (χ2n) is 4.73. The van der Waals surface area contributed by atoms with Crippen molar-refractivity contribution in [3.8, 4) is 5.75 Å². The summed E-state index contributed by atoms with van der Waals surface area (Å²) < 4.78 is 76.8. The molecule has 3 nitrogen and oxygen atoms in total. The molecule has 0 unspecified atom stereocenters. The number of benzene rings is 2. The van der Waals surface area contributed by atoms with Crippen LogP contribution < -0.4 is 5.32 Å². The van der Waals surface area contributed by atoms with Crippen LogP contribution in [0, 0.1) is 0 Å². The molecule has 0 aromatic heterocycles. The third kappa shape index (κ3) is 3.79. The van der Waals surface area contributed by atoms with Crippen LogP contribution in [-0.2, 0) is 12.4 Å². The molecule has 9 heteroatoms. The lowest BCUT2D eigenvalue weighted by atomic mass is 10.1. The minimum atomic E-state index is -4.97. The number of carbonyl (C=O) groups excluding carboxylic acids is 1. The van der Waals surface area contributed by atoms with Crippen LogP contribution in [0.4, 0.5) is 32.0 Å². The summed E-state index contributed by atoms with van der Waals surface area (Å²) in [5, 5.41) is 11.3. The molecule has 0 bridgehead atoms. The molecule has 0 spiro atoms. The Labute approximate surface area is 131 Å². The monoisotopic (exact) mass is 349 g/mol. The zero-order valence-corrected chi connectivity index (χ0v) is 11.7. The molecule has 0 aliphatic rings. The summed E-state index contributed by atoms with van der Waals surface area (Å²) in [5.41, 5.74) is -4.20. The highest BCUT2D eigenvalue weighted by atomic mass is 19.4. The van der Waals surface area contributed by atoms with Gasteiger partial charge in [0.25, 0.3) is 5.91 Å². The van der Waals surface area contributed by atoms with E-state index in [9.17, 15) is 36.2 Å². The first-order valence-electron chi connectivity index (χ1n) is 6.38. The Hall–Kier alpha value is -2.71. The number of hydrogen-bond acceptors (Lipinski definition) is 2. The minimum Gasteiger partial charge on any atom is -0.507 e. The summed E-state index contributed by atoms with van der Waals surface area (Å²) >= 11 is 0. The predicted octanol–water partition coefficient (Wildman–Crippen LogP) is 4.68. The van der Waals surface area contributed by atoms with Crippen molar-refractivity contribution in [2.75, 3.05) is 5.32 Å². The maximum absolute atomic E-state index is 12.9. The fourth-order valence-corrected chi connectivity index (χ4v) is 1.93. The highest BCUT2D eigenvalue weighted by Crippen LogP contribution is 2.39. The maximum Gasteiger partial charge on any atom is 0.418 e. The van der Waals surface area contributed by atoms with Gasteiger partial charge in [-0.15, -0.1) is 0 Å². The van der Waals surface area contributed by atoms with Gasteiger partial charge in [-0.05, 0) is 30.3 Å². The predicted molar refractivity (Wildman–Crippen MR) is 72.5 cm³/mol. The van der Waals surface area contributed by atoms with Crippen molar-refractivity contribution < 1.29 is 36.2 Å². The van der Waals surface area contributed by atoms with Gasteiger partial charge in [-0.3, -0.25) is 4.79 Å². The van der Waals surface area contributed by atoms with Crippen molar-refractivity contribution in [3.05, 3.63) is 59.2 Å². The Morgan fingerprint density at radius 1 is 0.917 bits per heavy atom. The largest absolute Gasteiger partial charge is 0.507 e. The van der Waals surface area contributed by atoms with Crippen molar-refractivity contribution in [2.24, 2.45) is 0 Å². The van der Waals surface area contributed by atoms with Crippen LogP contribution in [0.5, 0.6) is 5.75 Å². The van der Waals surface area contributed by atoms with Crippen LogP contribution in [-0.4, -0.2) is 11.0 Å². The molecule has 2 rings (SSSR count). The second kappa shape index (κ2) is 6.06. The molecule has 0 saturated carbocycles. The van der Waals surface area contributed by atoms with Crippen molar-refractivity contribution in [1.82, 2.24) is 0 Å². The van der Waals surface area contributed by atoms with Gasteiger partial charge in [-0.2, -0.15) is 26.3 Å². The Balaban J connectivity index is 2.47. The van der Waals surface area contributed by atoms with Gasteiger partial charge in [-0.1, -0.05) is 12.1 Å². The molecular weight excluding hydrogens is 340 g/mol. The van der Waals surface area contributed by atoms with E-state index in [4.69, 9.17) is 0 Å². The van der Waals surface area contributed by atoms with E-state index in [0.717, 1.165) is 12.1 Å². The van der Waals surface area contributed by atoms with Gasteiger partial charge in [0.05, 0.1) is 22.4 Å². The second-order valence-corrected chi connectivity index (χ2v) is 4.73. The molecule has 0 saturated heterocycles. The molecular formula is C15H9F6NO2. The molecule has 2 aromatic rings. The number of halogens is 6. The highest BCUT2D eigenvalue weighted by molar-refractivity contribution is 6.06. The van der Waals surface area contributed by atoms with Crippen LogP contribution in [0.15, 0.2) is 42.5 Å². The first-order valence-corrected chi connectivity index (χ1v) is 6.38. The van der Waals surface area contributed by atoms with E-state index in [1.807, 2.05) is 0 Å². The number of amides is 1. The zero-order chi connectivity index (χ0) is 18.1. The number of phenols is 1. The van der Waals surface area contributed by atoms with E-state index in [-0.39, 0.29) is 23.8 Å². The third-order valence-corrected chi connectivity index (χ3v) is 3.05. The Morgan fingerprint density at radius 2 is 1.54 bits per heavy atom. The third-order valence-electron chi connectivity index (χ3n) is 3.05. The normalized spacial score (nSPS) is 12.1. The van der Waals surface area contributed by atoms with E-state index < -0.39 is 40.8 Å². The average Bonchev–Trinajstić information content (AvgIpc) is 2.45. The summed E-state index contributed by atoms with van der Waals surface area (Å²) in [7, 11) is 0. The van der Waals surface area contributed by atoms with Gasteiger partial charge in [0.1, 0.15) is 5.75 Å². The lowest BCUT2D eigenvalue weighted by Gasteiger charge is -2.16. The van der Waals surface area contributed by atoms with Crippen LogP contribution in [0.25, 0.3) is 0 Å². The van der Waals surface area contributed by atoms with E-state index in [1.54, 1.807) is 5.32 Å². The number of phenolic OH excluding ortho intramolecular Hbond substituents is 1. The minimum absolute atomic E-state index is 0.195. The molecule has 0 radical (unpaired) electrons. The number of rotatable bonds is 2. The van der Waals surface area contributed by atoms with Gasteiger partial charge < -0.3 is 10.4 Å². The number of carbonyl (C=O) groups is 1. The first-order chi connectivity index (χ1) is 11.0. The van der Waals surface area contributed by atoms with Gasteiger partial charge in [-0.25, -0.2) is 0 Å². The quantitative estimate of drug-likeness (QED) is 0.774. The van der Waals surface area contributed by atoms with Gasteiger partial charge in [0.15, 0.2) is 0 Å². The molecule has 2 aromatic carbocycles. The Bertz CT molecular complexity index is 767. The van der Waals surface area contributed by atoms with Gasteiger partial charge >= 0.3 is 12.4 Å². The molecule has 0 aliphatic heterocycles. The summed E-state index contributed by atoms with van der Waals surface area (Å²) in [6, 6.07) is 5.66. The van der Waals surface area contributed by atoms with E-state index in [2.05, 4.69) is 0 Å². The average molecular weight is 349 g/mol. The summed E-state index contributed by atoms with van der Waals surface area (Å²) in [4.78, 5) is 12.0. The topological polar surface area (TPSA) is 49.3 Å². The van der Waals surface area contributed by atoms with Gasteiger partial charge in [0.2, 0.25) is 0 Å². The first kappa shape index (κ1) is 17.6. The molecule has 128 valence electrons. The molecule has 0 fully saturated rings. The fraction of sp³-hybridized carbons (Fsp3) is 0.133. The SMILES string of the molecule is O=C(Nc1cc(C(F)(F)F)ccc1C(F)(F)F)c1ccccc1O. The lowest BCUT2D eigenvalue weighted by Crippen LogP contribution is -2.18. The van der Waals surface area contributed by atoms with Crippen LogP contribution in [0.1, 0.15) is 21.5 Å². The van der Waals surface area contributed by atoms with E-state index in [1.165, 1.54) is 12.1 Å². The molecule has 1 amide bonds. The Morgan fingerprint density at radius 3 is 2.08 bits per heavy atom. The summed E-state index contributed by atoms with van der Waals surface area (Å²) in [5.74, 6) is -1.69. The van der Waals surface area contributed by atoms with Crippen molar-refractivity contribution in [1.29, 1.82) is 0 Å². The number of nitrogens with one attached hydrogen (secondary N) is 1. The van der Waals surface area contributed by atoms with E-state index in [0.29, 0.717) is 0 Å². The summed E-state index contributed by atoms with van der Waals surface area (Å²) in [6.07, 6.45) is -9.84. The molecule has 0 atom stereocenters. The van der Waals surface area contributed by atoms with Crippen LogP contribution in [0.2, 0.25) is 0 Å². The van der Waals surface area contributed by atoms with Crippen molar-refractivity contribution >= 4 is 11.6 Å². The van der Waals surface area contributed by atoms with Crippen LogP contribution in [0.3, 0.4) is 0 Å². The summed E-state index contributed by atoms with van der Waals surface area (Å²) in [6.45, 7) is 0. The molecule has 0 heterocycles. The number of hydrogen-bond donors (Lipinski definition) is 2. The number of anilines is 1. The molecule has 2 N–H and O–H groups in total. The van der Waals surface area contributed by atoms with E-state index >= 15 is 0 Å². The van der Waals surface area contributed by atoms with Crippen LogP contribution >= 0.6 is 0 Å². The standard InChI is InChI=1S/C15H9F6NO2/c16-14(17,18)8-5-6-10(15(19,20)21)11(7-8)22-13(24)9-3-1-2-4-12(9)23/h1-7,23H,(H,22,24). The van der Waals surface area contributed by atoms with Crippen molar-refractivity contribution in [2.45, 2.75) is 12.4 Å². The zero-order valence-electron chi connectivity index (χ0n) is 11.7. The lowest BCUT2D eigenvalue weighted by molar-refractivity contribution is -0.140.